The molecule has 1 N–H and O–H groups in total. The summed E-state index contributed by atoms with van der Waals surface area (Å²) in [4.78, 5) is 12.6. The van der Waals surface area contributed by atoms with E-state index in [2.05, 4.69) is 11.9 Å². The number of allylic oxidation sites excluding steroid dienone is 1. The van der Waals surface area contributed by atoms with Crippen LogP contribution in [0.4, 0.5) is 0 Å². The maximum Gasteiger partial charge on any atom is 0.251 e. The largest absolute Gasteiger partial charge is 0.493 e. The fourth-order valence-corrected chi connectivity index (χ4v) is 2.59. The summed E-state index contributed by atoms with van der Waals surface area (Å²) in [7, 11) is 3.14. The predicted octanol–water partition coefficient (Wildman–Crippen LogP) is 3.92. The molecule has 0 heterocycles. The van der Waals surface area contributed by atoms with Crippen LogP contribution in [0.1, 0.15) is 34.5 Å². The normalized spacial score (nSPS) is 11.5. The Morgan fingerprint density at radius 2 is 1.92 bits per heavy atom. The van der Waals surface area contributed by atoms with Gasteiger partial charge in [-0.05, 0) is 31.0 Å². The highest BCUT2D eigenvalue weighted by molar-refractivity contribution is 5.95. The van der Waals surface area contributed by atoms with Crippen LogP contribution in [0, 0.1) is 0 Å². The van der Waals surface area contributed by atoms with Crippen molar-refractivity contribution in [1.29, 1.82) is 0 Å². The molecule has 0 bridgehead atoms. The first-order valence-electron chi connectivity index (χ1n) is 7.82. The summed E-state index contributed by atoms with van der Waals surface area (Å²) in [6.45, 7) is 5.71. The van der Waals surface area contributed by atoms with E-state index in [1.165, 1.54) is 0 Å². The molecular formula is C20H23NO3. The Bertz CT molecular complexity index is 710. The zero-order valence-electron chi connectivity index (χ0n) is 14.3. The van der Waals surface area contributed by atoms with Crippen LogP contribution >= 0.6 is 0 Å². The van der Waals surface area contributed by atoms with Gasteiger partial charge < -0.3 is 14.8 Å². The molecular weight excluding hydrogens is 302 g/mol. The Labute approximate surface area is 143 Å². The molecule has 0 aromatic heterocycles. The lowest BCUT2D eigenvalue weighted by Gasteiger charge is -2.17. The highest BCUT2D eigenvalue weighted by Crippen LogP contribution is 2.33. The van der Waals surface area contributed by atoms with Gasteiger partial charge >= 0.3 is 0 Å². The van der Waals surface area contributed by atoms with Crippen LogP contribution in [0.3, 0.4) is 0 Å². The standard InChI is InChI=1S/C20H23NO3/c1-5-9-16-12-17(13-18(23-3)19(16)24-4)20(22)21-14(2)15-10-7-6-8-11-15/h5-8,10-14H,1,9H2,2-4H3,(H,21,22). The molecule has 0 aliphatic heterocycles. The number of hydrogen-bond donors (Lipinski definition) is 1. The second-order valence-corrected chi connectivity index (χ2v) is 5.47. The first-order valence-corrected chi connectivity index (χ1v) is 7.82. The van der Waals surface area contributed by atoms with E-state index < -0.39 is 0 Å². The molecule has 0 aliphatic rings. The van der Waals surface area contributed by atoms with Crippen LogP contribution in [-0.4, -0.2) is 20.1 Å². The number of nitrogens with one attached hydrogen (secondary N) is 1. The number of amides is 1. The average molecular weight is 325 g/mol. The smallest absolute Gasteiger partial charge is 0.251 e. The van der Waals surface area contributed by atoms with Crippen LogP contribution in [0.5, 0.6) is 11.5 Å². The topological polar surface area (TPSA) is 47.6 Å². The molecule has 1 unspecified atom stereocenters. The van der Waals surface area contributed by atoms with Crippen molar-refractivity contribution in [2.45, 2.75) is 19.4 Å². The Balaban J connectivity index is 2.28. The Kier molecular flexibility index (Phi) is 6.01. The van der Waals surface area contributed by atoms with E-state index in [1.807, 2.05) is 43.3 Å². The van der Waals surface area contributed by atoms with E-state index in [4.69, 9.17) is 9.47 Å². The van der Waals surface area contributed by atoms with E-state index in [0.29, 0.717) is 23.5 Å². The zero-order chi connectivity index (χ0) is 17.5. The molecule has 4 nitrogen and oxygen atoms in total. The monoisotopic (exact) mass is 325 g/mol. The minimum Gasteiger partial charge on any atom is -0.493 e. The second kappa shape index (κ2) is 8.20. The summed E-state index contributed by atoms with van der Waals surface area (Å²) in [6, 6.07) is 13.3. The minimum absolute atomic E-state index is 0.0883. The number of methoxy groups -OCH3 is 2. The number of hydrogen-bond acceptors (Lipinski definition) is 3. The van der Waals surface area contributed by atoms with E-state index in [9.17, 15) is 4.79 Å². The molecule has 0 spiro atoms. The van der Waals surface area contributed by atoms with E-state index in [-0.39, 0.29) is 11.9 Å². The third-order valence-corrected chi connectivity index (χ3v) is 3.83. The Morgan fingerprint density at radius 3 is 2.50 bits per heavy atom. The molecule has 2 rings (SSSR count). The highest BCUT2D eigenvalue weighted by atomic mass is 16.5. The number of benzene rings is 2. The maximum absolute atomic E-state index is 12.6. The molecule has 1 atom stereocenters. The summed E-state index contributed by atoms with van der Waals surface area (Å²) in [6.07, 6.45) is 2.36. The number of rotatable bonds is 7. The second-order valence-electron chi connectivity index (χ2n) is 5.47. The molecule has 2 aromatic rings. The molecule has 0 aliphatic carbocycles. The van der Waals surface area contributed by atoms with Gasteiger partial charge in [0.25, 0.3) is 5.91 Å². The van der Waals surface area contributed by atoms with Gasteiger partial charge in [0.1, 0.15) is 0 Å². The van der Waals surface area contributed by atoms with Crippen molar-refractivity contribution in [3.63, 3.8) is 0 Å². The molecule has 2 aromatic carbocycles. The molecule has 0 radical (unpaired) electrons. The molecule has 0 saturated carbocycles. The first kappa shape index (κ1) is 17.6. The quantitative estimate of drug-likeness (QED) is 0.785. The van der Waals surface area contributed by atoms with Crippen molar-refractivity contribution in [1.82, 2.24) is 5.32 Å². The first-order chi connectivity index (χ1) is 11.6. The third-order valence-electron chi connectivity index (χ3n) is 3.83. The van der Waals surface area contributed by atoms with Gasteiger partial charge in [-0.15, -0.1) is 6.58 Å². The fraction of sp³-hybridized carbons (Fsp3) is 0.250. The molecule has 1 amide bonds. The van der Waals surface area contributed by atoms with Gasteiger partial charge in [0, 0.05) is 11.1 Å². The van der Waals surface area contributed by atoms with Gasteiger partial charge in [-0.3, -0.25) is 4.79 Å². The Morgan fingerprint density at radius 1 is 1.21 bits per heavy atom. The van der Waals surface area contributed by atoms with Crippen molar-refractivity contribution < 1.29 is 14.3 Å². The fourth-order valence-electron chi connectivity index (χ4n) is 2.59. The van der Waals surface area contributed by atoms with E-state index >= 15 is 0 Å². The number of carbonyl (C=O) groups is 1. The number of ether oxygens (including phenoxy) is 2. The summed E-state index contributed by atoms with van der Waals surface area (Å²) < 4.78 is 10.8. The lowest BCUT2D eigenvalue weighted by atomic mass is 10.0. The molecule has 4 heteroatoms. The predicted molar refractivity (Wildman–Crippen MR) is 95.8 cm³/mol. The maximum atomic E-state index is 12.6. The lowest BCUT2D eigenvalue weighted by molar-refractivity contribution is 0.0939. The van der Waals surface area contributed by atoms with Crippen LogP contribution in [-0.2, 0) is 6.42 Å². The molecule has 0 fully saturated rings. The number of carbonyl (C=O) groups excluding carboxylic acids is 1. The minimum atomic E-state index is -0.155. The van der Waals surface area contributed by atoms with E-state index in [0.717, 1.165) is 11.1 Å². The zero-order valence-corrected chi connectivity index (χ0v) is 14.3. The molecule has 24 heavy (non-hydrogen) atoms. The highest BCUT2D eigenvalue weighted by Gasteiger charge is 2.17. The molecule has 126 valence electrons. The van der Waals surface area contributed by atoms with Crippen LogP contribution in [0.25, 0.3) is 0 Å². The van der Waals surface area contributed by atoms with Crippen molar-refractivity contribution in [2.24, 2.45) is 0 Å². The van der Waals surface area contributed by atoms with Crippen molar-refractivity contribution >= 4 is 5.91 Å². The van der Waals surface area contributed by atoms with Gasteiger partial charge in [-0.1, -0.05) is 36.4 Å². The van der Waals surface area contributed by atoms with Gasteiger partial charge in [0.15, 0.2) is 11.5 Å². The summed E-state index contributed by atoms with van der Waals surface area (Å²) in [5, 5.41) is 3.01. The van der Waals surface area contributed by atoms with Crippen molar-refractivity contribution in [2.75, 3.05) is 14.2 Å². The average Bonchev–Trinajstić information content (AvgIpc) is 2.61. The van der Waals surface area contributed by atoms with Gasteiger partial charge in [0.2, 0.25) is 0 Å². The van der Waals surface area contributed by atoms with Crippen molar-refractivity contribution in [3.05, 3.63) is 71.8 Å². The van der Waals surface area contributed by atoms with Gasteiger partial charge in [-0.2, -0.15) is 0 Å². The van der Waals surface area contributed by atoms with Gasteiger partial charge in [0.05, 0.1) is 20.3 Å². The van der Waals surface area contributed by atoms with Gasteiger partial charge in [-0.25, -0.2) is 0 Å². The van der Waals surface area contributed by atoms with Crippen LogP contribution in [0.15, 0.2) is 55.1 Å². The molecule has 0 saturated heterocycles. The summed E-state index contributed by atoms with van der Waals surface area (Å²) >= 11 is 0. The van der Waals surface area contributed by atoms with E-state index in [1.54, 1.807) is 26.4 Å². The summed E-state index contributed by atoms with van der Waals surface area (Å²) in [5.74, 6) is 1.01. The summed E-state index contributed by atoms with van der Waals surface area (Å²) in [5.41, 5.74) is 2.45. The third kappa shape index (κ3) is 3.96. The van der Waals surface area contributed by atoms with Crippen LogP contribution < -0.4 is 14.8 Å². The van der Waals surface area contributed by atoms with Crippen molar-refractivity contribution in [3.8, 4) is 11.5 Å². The Hall–Kier alpha value is -2.75. The van der Waals surface area contributed by atoms with Crippen LogP contribution in [0.2, 0.25) is 0 Å². The SMILES string of the molecule is C=CCc1cc(C(=O)NC(C)c2ccccc2)cc(OC)c1OC. The lowest BCUT2D eigenvalue weighted by Crippen LogP contribution is -2.26.